The Bertz CT molecular complexity index is 420. The van der Waals surface area contributed by atoms with Crippen LogP contribution in [-0.4, -0.2) is 36.8 Å². The number of morpholine rings is 1. The highest BCUT2D eigenvalue weighted by atomic mass is 16.5. The molecule has 0 aliphatic carbocycles. The molecular formula is C15H25N3O. The molecule has 1 aliphatic rings. The molecule has 1 aromatic heterocycles. The molecule has 4 nitrogen and oxygen atoms in total. The predicted molar refractivity (Wildman–Crippen MR) is 78.6 cm³/mol. The largest absolute Gasteiger partial charge is 0.377 e. The maximum Gasteiger partial charge on any atom is 0.131 e. The summed E-state index contributed by atoms with van der Waals surface area (Å²) in [6.07, 6.45) is 3.94. The molecule has 1 saturated heterocycles. The number of anilines is 1. The average Bonchev–Trinajstić information content (AvgIpc) is 2.38. The molecule has 0 aromatic carbocycles. The van der Waals surface area contributed by atoms with Gasteiger partial charge >= 0.3 is 0 Å². The zero-order chi connectivity index (χ0) is 13.8. The van der Waals surface area contributed by atoms with Gasteiger partial charge in [0.05, 0.1) is 19.3 Å². The van der Waals surface area contributed by atoms with Crippen LogP contribution in [-0.2, 0) is 11.2 Å². The highest BCUT2D eigenvalue weighted by molar-refractivity contribution is 5.48. The molecule has 1 aromatic rings. The van der Waals surface area contributed by atoms with Gasteiger partial charge in [0.25, 0.3) is 0 Å². The van der Waals surface area contributed by atoms with E-state index < -0.39 is 0 Å². The van der Waals surface area contributed by atoms with Gasteiger partial charge in [-0.2, -0.15) is 0 Å². The van der Waals surface area contributed by atoms with E-state index >= 15 is 0 Å². The van der Waals surface area contributed by atoms with Crippen molar-refractivity contribution in [3.63, 3.8) is 0 Å². The molecule has 19 heavy (non-hydrogen) atoms. The fraction of sp³-hybridized carbons (Fsp3) is 0.667. The van der Waals surface area contributed by atoms with Crippen molar-refractivity contribution < 1.29 is 4.74 Å². The van der Waals surface area contributed by atoms with Crippen LogP contribution in [0, 0.1) is 6.92 Å². The normalized spacial score (nSPS) is 21.5. The smallest absolute Gasteiger partial charge is 0.131 e. The standard InChI is InChI=1S/C15H25N3O/c1-4-14-10-19-6-5-18(14)15-11(2)7-13(9-17-15)8-12(3)16/h7,9,12,14H,4-6,8,10,16H2,1-3H3. The van der Waals surface area contributed by atoms with Gasteiger partial charge in [-0.15, -0.1) is 0 Å². The third-order valence-electron chi connectivity index (χ3n) is 3.64. The molecule has 2 rings (SSSR count). The minimum Gasteiger partial charge on any atom is -0.377 e. The average molecular weight is 263 g/mol. The van der Waals surface area contributed by atoms with Crippen LogP contribution in [0.1, 0.15) is 31.4 Å². The zero-order valence-electron chi connectivity index (χ0n) is 12.2. The van der Waals surface area contributed by atoms with Crippen LogP contribution in [0.3, 0.4) is 0 Å². The van der Waals surface area contributed by atoms with Crippen LogP contribution in [0.25, 0.3) is 0 Å². The van der Waals surface area contributed by atoms with E-state index in [1.165, 1.54) is 11.1 Å². The lowest BCUT2D eigenvalue weighted by Crippen LogP contribution is -2.46. The second-order valence-electron chi connectivity index (χ2n) is 5.50. The topological polar surface area (TPSA) is 51.4 Å². The van der Waals surface area contributed by atoms with Crippen LogP contribution in [0.5, 0.6) is 0 Å². The molecule has 1 aliphatic heterocycles. The van der Waals surface area contributed by atoms with Gasteiger partial charge in [0, 0.05) is 18.8 Å². The first-order valence-corrected chi connectivity index (χ1v) is 7.17. The third-order valence-corrected chi connectivity index (χ3v) is 3.64. The van der Waals surface area contributed by atoms with Gasteiger partial charge in [-0.3, -0.25) is 0 Å². The SMILES string of the molecule is CCC1COCCN1c1ncc(CC(C)N)cc1C. The minimum absolute atomic E-state index is 0.179. The summed E-state index contributed by atoms with van der Waals surface area (Å²) in [4.78, 5) is 7.05. The number of pyridine rings is 1. The van der Waals surface area contributed by atoms with Gasteiger partial charge in [-0.05, 0) is 37.8 Å². The Balaban J connectivity index is 2.19. The summed E-state index contributed by atoms with van der Waals surface area (Å²) in [5, 5.41) is 0. The maximum atomic E-state index is 5.84. The van der Waals surface area contributed by atoms with E-state index in [9.17, 15) is 0 Å². The van der Waals surface area contributed by atoms with Gasteiger partial charge in [0.1, 0.15) is 5.82 Å². The van der Waals surface area contributed by atoms with Crippen LogP contribution in [0.15, 0.2) is 12.3 Å². The van der Waals surface area contributed by atoms with E-state index in [1.807, 2.05) is 13.1 Å². The molecular weight excluding hydrogens is 238 g/mol. The Hall–Kier alpha value is -1.13. The Morgan fingerprint density at radius 3 is 3.00 bits per heavy atom. The number of rotatable bonds is 4. The van der Waals surface area contributed by atoms with E-state index in [2.05, 4.69) is 29.8 Å². The summed E-state index contributed by atoms with van der Waals surface area (Å²) < 4.78 is 5.55. The molecule has 0 amide bonds. The third kappa shape index (κ3) is 3.45. The Morgan fingerprint density at radius 2 is 2.37 bits per heavy atom. The van der Waals surface area contributed by atoms with E-state index in [-0.39, 0.29) is 6.04 Å². The summed E-state index contributed by atoms with van der Waals surface area (Å²) in [6, 6.07) is 2.84. The van der Waals surface area contributed by atoms with Gasteiger partial charge < -0.3 is 15.4 Å². The van der Waals surface area contributed by atoms with Crippen molar-refractivity contribution >= 4 is 5.82 Å². The van der Waals surface area contributed by atoms with Crippen molar-refractivity contribution in [1.29, 1.82) is 0 Å². The second-order valence-corrected chi connectivity index (χ2v) is 5.50. The lowest BCUT2D eigenvalue weighted by molar-refractivity contribution is 0.0925. The quantitative estimate of drug-likeness (QED) is 0.901. The van der Waals surface area contributed by atoms with E-state index in [0.29, 0.717) is 6.04 Å². The van der Waals surface area contributed by atoms with Gasteiger partial charge in [0.15, 0.2) is 0 Å². The summed E-state index contributed by atoms with van der Waals surface area (Å²) >= 11 is 0. The Kier molecular flexibility index (Phi) is 4.77. The monoisotopic (exact) mass is 263 g/mol. The van der Waals surface area contributed by atoms with Crippen molar-refractivity contribution in [2.45, 2.75) is 45.7 Å². The first kappa shape index (κ1) is 14.3. The summed E-state index contributed by atoms with van der Waals surface area (Å²) in [5.74, 6) is 1.10. The molecule has 0 spiro atoms. The number of ether oxygens (including phenoxy) is 1. The molecule has 1 fully saturated rings. The fourth-order valence-electron chi connectivity index (χ4n) is 2.68. The van der Waals surface area contributed by atoms with Gasteiger partial charge in [0.2, 0.25) is 0 Å². The van der Waals surface area contributed by atoms with Crippen molar-refractivity contribution in [3.05, 3.63) is 23.4 Å². The molecule has 2 N–H and O–H groups in total. The fourth-order valence-corrected chi connectivity index (χ4v) is 2.68. The molecule has 2 heterocycles. The maximum absolute atomic E-state index is 5.84. The lowest BCUT2D eigenvalue weighted by Gasteiger charge is -2.36. The summed E-state index contributed by atoms with van der Waals surface area (Å²) in [6.45, 7) is 8.89. The highest BCUT2D eigenvalue weighted by Crippen LogP contribution is 2.23. The molecule has 2 atom stereocenters. The first-order chi connectivity index (χ1) is 9.11. The molecule has 4 heteroatoms. The number of nitrogens with zero attached hydrogens (tertiary/aromatic N) is 2. The minimum atomic E-state index is 0.179. The zero-order valence-corrected chi connectivity index (χ0v) is 12.2. The Labute approximate surface area is 116 Å². The first-order valence-electron chi connectivity index (χ1n) is 7.17. The molecule has 0 bridgehead atoms. The Morgan fingerprint density at radius 1 is 1.58 bits per heavy atom. The molecule has 0 radical (unpaired) electrons. The molecule has 106 valence electrons. The van der Waals surface area contributed by atoms with Gasteiger partial charge in [-0.1, -0.05) is 13.0 Å². The lowest BCUT2D eigenvalue weighted by atomic mass is 10.1. The summed E-state index contributed by atoms with van der Waals surface area (Å²) in [7, 11) is 0. The second kappa shape index (κ2) is 6.35. The van der Waals surface area contributed by atoms with Gasteiger partial charge in [-0.25, -0.2) is 4.98 Å². The summed E-state index contributed by atoms with van der Waals surface area (Å²) in [5.41, 5.74) is 8.30. The van der Waals surface area contributed by atoms with Crippen LogP contribution < -0.4 is 10.6 Å². The molecule has 0 saturated carbocycles. The van der Waals surface area contributed by atoms with Crippen LogP contribution in [0.2, 0.25) is 0 Å². The van der Waals surface area contributed by atoms with E-state index in [1.54, 1.807) is 0 Å². The van der Waals surface area contributed by atoms with Crippen molar-refractivity contribution in [2.24, 2.45) is 5.73 Å². The number of nitrogens with two attached hydrogens (primary N) is 1. The number of aromatic nitrogens is 1. The number of hydrogen-bond acceptors (Lipinski definition) is 4. The van der Waals surface area contributed by atoms with Crippen molar-refractivity contribution in [2.75, 3.05) is 24.7 Å². The van der Waals surface area contributed by atoms with Crippen molar-refractivity contribution in [3.8, 4) is 0 Å². The number of hydrogen-bond donors (Lipinski definition) is 1. The van der Waals surface area contributed by atoms with Crippen LogP contribution in [0.4, 0.5) is 5.82 Å². The highest BCUT2D eigenvalue weighted by Gasteiger charge is 2.23. The molecule has 2 unspecified atom stereocenters. The van der Waals surface area contributed by atoms with E-state index in [4.69, 9.17) is 10.5 Å². The predicted octanol–water partition coefficient (Wildman–Crippen LogP) is 1.89. The van der Waals surface area contributed by atoms with Crippen LogP contribution >= 0.6 is 0 Å². The van der Waals surface area contributed by atoms with Crippen molar-refractivity contribution in [1.82, 2.24) is 4.98 Å². The van der Waals surface area contributed by atoms with E-state index in [0.717, 1.165) is 38.4 Å². The number of aryl methyl sites for hydroxylation is 1.